The van der Waals surface area contributed by atoms with Crippen LogP contribution >= 0.6 is 0 Å². The number of hydrogen-bond donors (Lipinski definition) is 0. The second kappa shape index (κ2) is 3.57. The van der Waals surface area contributed by atoms with E-state index < -0.39 is 0 Å². The first-order valence-corrected chi connectivity index (χ1v) is 5.45. The van der Waals surface area contributed by atoms with Gasteiger partial charge in [-0.1, -0.05) is 0 Å². The molecule has 2 rings (SSSR count). The van der Waals surface area contributed by atoms with Crippen LogP contribution in [0, 0.1) is 6.92 Å². The van der Waals surface area contributed by atoms with Crippen LogP contribution in [-0.2, 0) is 15.6 Å². The second-order valence-corrected chi connectivity index (χ2v) is 5.10. The van der Waals surface area contributed by atoms with Crippen molar-refractivity contribution in [3.8, 4) is 0 Å². The third-order valence-electron chi connectivity index (χ3n) is 3.21. The van der Waals surface area contributed by atoms with Gasteiger partial charge in [0.25, 0.3) is 0 Å². The van der Waals surface area contributed by atoms with Crippen molar-refractivity contribution in [3.63, 3.8) is 0 Å². The van der Waals surface area contributed by atoms with Crippen molar-refractivity contribution in [2.45, 2.75) is 52.1 Å². The molecule has 1 aliphatic rings. The summed E-state index contributed by atoms with van der Waals surface area (Å²) in [6.45, 7) is 9.84. The number of aryl methyl sites for hydroxylation is 1. The molecule has 0 aliphatic carbocycles. The van der Waals surface area contributed by atoms with Gasteiger partial charge in [-0.2, -0.15) is 0 Å². The van der Waals surface area contributed by atoms with Crippen LogP contribution in [0.4, 0.5) is 0 Å². The fourth-order valence-corrected chi connectivity index (χ4v) is 1.61. The molecule has 0 atom stereocenters. The molecule has 1 fully saturated rings. The Bertz CT molecular complexity index is 373. The molecule has 6 heteroatoms. The van der Waals surface area contributed by atoms with Crippen molar-refractivity contribution >= 4 is 7.12 Å². The highest BCUT2D eigenvalue weighted by Gasteiger charge is 2.51. The van der Waals surface area contributed by atoms with E-state index in [9.17, 15) is 0 Å². The van der Waals surface area contributed by atoms with Crippen molar-refractivity contribution in [2.24, 2.45) is 0 Å². The van der Waals surface area contributed by atoms with E-state index in [1.54, 1.807) is 6.92 Å². The Morgan fingerprint density at radius 1 is 1.06 bits per heavy atom. The van der Waals surface area contributed by atoms with E-state index in [0.717, 1.165) is 0 Å². The highest BCUT2D eigenvalue weighted by Crippen LogP contribution is 2.37. The van der Waals surface area contributed by atoms with Gasteiger partial charge in [0.05, 0.1) is 17.5 Å². The van der Waals surface area contributed by atoms with Crippen LogP contribution in [0.3, 0.4) is 0 Å². The summed E-state index contributed by atoms with van der Waals surface area (Å²) in [4.78, 5) is 0. The minimum Gasteiger partial charge on any atom is -0.426 e. The fourth-order valence-electron chi connectivity index (χ4n) is 1.61. The molecule has 5 nitrogen and oxygen atoms in total. The van der Waals surface area contributed by atoms with Crippen LogP contribution in [0.2, 0.25) is 0 Å². The van der Waals surface area contributed by atoms with Gasteiger partial charge in [0, 0.05) is 6.92 Å². The lowest BCUT2D eigenvalue weighted by Crippen LogP contribution is -2.41. The maximum absolute atomic E-state index is 5.83. The van der Waals surface area contributed by atoms with Crippen molar-refractivity contribution < 1.29 is 13.7 Å². The summed E-state index contributed by atoms with van der Waals surface area (Å²) >= 11 is 0. The van der Waals surface area contributed by atoms with Crippen LogP contribution < -0.4 is 0 Å². The lowest BCUT2D eigenvalue weighted by molar-refractivity contribution is 0.00578. The molecular formula is C10H17BN2O3. The molecular weight excluding hydrogens is 207 g/mol. The number of nitrogens with zero attached hydrogens (tertiary/aromatic N) is 2. The molecule has 0 spiro atoms. The summed E-state index contributed by atoms with van der Waals surface area (Å²) in [5.74, 6) is 1.11. The molecule has 0 aromatic carbocycles. The zero-order valence-corrected chi connectivity index (χ0v) is 10.4. The normalized spacial score (nSPS) is 22.7. The standard InChI is InChI=1S/C10H17BN2O3/c1-7-12-13-8(14-7)6-11-15-9(2,3)10(4,5)16-11/h6H2,1-5H3. The smallest absolute Gasteiger partial charge is 0.426 e. The molecule has 0 amide bonds. The Labute approximate surface area is 95.7 Å². The van der Waals surface area contributed by atoms with Gasteiger partial charge >= 0.3 is 7.12 Å². The van der Waals surface area contributed by atoms with Gasteiger partial charge in [-0.3, -0.25) is 0 Å². The predicted octanol–water partition coefficient (Wildman–Crippen LogP) is 1.55. The largest absolute Gasteiger partial charge is 0.467 e. The highest BCUT2D eigenvalue weighted by atomic mass is 16.7. The highest BCUT2D eigenvalue weighted by molar-refractivity contribution is 6.44. The Hall–Kier alpha value is -0.875. The molecule has 88 valence electrons. The summed E-state index contributed by atoms with van der Waals surface area (Å²) in [5.41, 5.74) is -0.626. The third kappa shape index (κ3) is 1.99. The molecule has 16 heavy (non-hydrogen) atoms. The first-order chi connectivity index (χ1) is 7.30. The van der Waals surface area contributed by atoms with Crippen LogP contribution in [0.15, 0.2) is 4.42 Å². The average Bonchev–Trinajstić information content (AvgIpc) is 2.56. The molecule has 1 aliphatic heterocycles. The van der Waals surface area contributed by atoms with E-state index in [-0.39, 0.29) is 18.3 Å². The monoisotopic (exact) mass is 224 g/mol. The quantitative estimate of drug-likeness (QED) is 0.713. The Balaban J connectivity index is 2.04. The van der Waals surface area contributed by atoms with Gasteiger partial charge < -0.3 is 13.7 Å². The first-order valence-electron chi connectivity index (χ1n) is 5.45. The Kier molecular flexibility index (Phi) is 2.59. The number of hydrogen-bond acceptors (Lipinski definition) is 5. The molecule has 1 saturated heterocycles. The topological polar surface area (TPSA) is 57.4 Å². The van der Waals surface area contributed by atoms with E-state index in [0.29, 0.717) is 18.1 Å². The lowest BCUT2D eigenvalue weighted by atomic mass is 9.85. The summed E-state index contributed by atoms with van der Waals surface area (Å²) in [6, 6.07) is 0. The van der Waals surface area contributed by atoms with E-state index in [2.05, 4.69) is 10.2 Å². The molecule has 1 aromatic rings. The molecule has 0 bridgehead atoms. The molecule has 0 radical (unpaired) electrons. The summed E-state index contributed by atoms with van der Waals surface area (Å²) in [7, 11) is -0.315. The maximum Gasteiger partial charge on any atom is 0.467 e. The van der Waals surface area contributed by atoms with Gasteiger partial charge in [-0.15, -0.1) is 10.2 Å². The van der Waals surface area contributed by atoms with Gasteiger partial charge in [0.15, 0.2) is 0 Å². The van der Waals surface area contributed by atoms with Crippen LogP contribution in [0.5, 0.6) is 0 Å². The number of rotatable bonds is 2. The average molecular weight is 224 g/mol. The van der Waals surface area contributed by atoms with Crippen LogP contribution in [0.25, 0.3) is 0 Å². The Morgan fingerprint density at radius 3 is 2.06 bits per heavy atom. The van der Waals surface area contributed by atoms with E-state index >= 15 is 0 Å². The van der Waals surface area contributed by atoms with E-state index in [1.807, 2.05) is 27.7 Å². The Morgan fingerprint density at radius 2 is 1.62 bits per heavy atom. The van der Waals surface area contributed by atoms with Crippen LogP contribution in [0.1, 0.15) is 39.5 Å². The summed E-state index contributed by atoms with van der Waals surface area (Å²) in [6.07, 6.45) is 0.494. The minimum atomic E-state index is -0.315. The zero-order chi connectivity index (χ0) is 12.0. The minimum absolute atomic E-state index is 0.313. The van der Waals surface area contributed by atoms with Crippen LogP contribution in [-0.4, -0.2) is 28.5 Å². The van der Waals surface area contributed by atoms with Gasteiger partial charge in [-0.05, 0) is 27.7 Å². The van der Waals surface area contributed by atoms with Crippen molar-refractivity contribution in [1.82, 2.24) is 10.2 Å². The number of aromatic nitrogens is 2. The molecule has 0 N–H and O–H groups in total. The third-order valence-corrected chi connectivity index (χ3v) is 3.21. The lowest BCUT2D eigenvalue weighted by Gasteiger charge is -2.32. The molecule has 0 saturated carbocycles. The molecule has 2 heterocycles. The molecule has 1 aromatic heterocycles. The SMILES string of the molecule is Cc1nnc(CB2OC(C)(C)C(C)(C)O2)o1. The van der Waals surface area contributed by atoms with Gasteiger partial charge in [0.2, 0.25) is 11.8 Å². The van der Waals surface area contributed by atoms with E-state index in [4.69, 9.17) is 13.7 Å². The van der Waals surface area contributed by atoms with Crippen molar-refractivity contribution in [2.75, 3.05) is 0 Å². The fraction of sp³-hybridized carbons (Fsp3) is 0.800. The zero-order valence-electron chi connectivity index (χ0n) is 10.4. The molecule has 0 unspecified atom stereocenters. The van der Waals surface area contributed by atoms with Gasteiger partial charge in [0.1, 0.15) is 0 Å². The van der Waals surface area contributed by atoms with Crippen molar-refractivity contribution in [3.05, 3.63) is 11.8 Å². The second-order valence-electron chi connectivity index (χ2n) is 5.10. The predicted molar refractivity (Wildman–Crippen MR) is 58.8 cm³/mol. The van der Waals surface area contributed by atoms with Crippen molar-refractivity contribution in [1.29, 1.82) is 0 Å². The summed E-state index contributed by atoms with van der Waals surface area (Å²) in [5, 5.41) is 7.70. The first kappa shape index (κ1) is 11.6. The van der Waals surface area contributed by atoms with Gasteiger partial charge in [-0.25, -0.2) is 0 Å². The maximum atomic E-state index is 5.83. The van der Waals surface area contributed by atoms with E-state index in [1.165, 1.54) is 0 Å². The summed E-state index contributed by atoms with van der Waals surface area (Å²) < 4.78 is 17.0.